The molecule has 0 saturated carbocycles. The molecular weight excluding hydrogens is 268 g/mol. The van der Waals surface area contributed by atoms with Gasteiger partial charge in [-0.3, -0.25) is 4.79 Å². The Morgan fingerprint density at radius 1 is 1.48 bits per heavy atom. The summed E-state index contributed by atoms with van der Waals surface area (Å²) < 4.78 is 5.59. The molecule has 0 aromatic heterocycles. The van der Waals surface area contributed by atoms with Crippen molar-refractivity contribution in [3.05, 3.63) is 29.3 Å². The third-order valence-electron chi connectivity index (χ3n) is 3.59. The summed E-state index contributed by atoms with van der Waals surface area (Å²) in [6, 6.07) is 5.80. The van der Waals surface area contributed by atoms with Crippen LogP contribution in [0, 0.1) is 6.92 Å². The lowest BCUT2D eigenvalue weighted by molar-refractivity contribution is -0.0858. The lowest BCUT2D eigenvalue weighted by Gasteiger charge is -2.36. The lowest BCUT2D eigenvalue weighted by atomic mass is 10.1. The molecule has 1 saturated heterocycles. The lowest BCUT2D eigenvalue weighted by Crippen LogP contribution is -2.50. The van der Waals surface area contributed by atoms with Gasteiger partial charge in [-0.15, -0.1) is 0 Å². The van der Waals surface area contributed by atoms with Gasteiger partial charge in [-0.1, -0.05) is 6.07 Å². The molecule has 2 atom stereocenters. The molecule has 0 spiro atoms. The minimum atomic E-state index is -0.300. The summed E-state index contributed by atoms with van der Waals surface area (Å²) in [5.41, 5.74) is 2.65. The highest BCUT2D eigenvalue weighted by Gasteiger charge is 2.29. The van der Waals surface area contributed by atoms with Gasteiger partial charge in [0.2, 0.25) is 0 Å². The van der Waals surface area contributed by atoms with Gasteiger partial charge in [-0.05, 0) is 38.5 Å². The van der Waals surface area contributed by atoms with E-state index in [-0.39, 0.29) is 24.7 Å². The van der Waals surface area contributed by atoms with Gasteiger partial charge in [0.25, 0.3) is 5.91 Å². The second-order valence-corrected chi connectivity index (χ2v) is 5.54. The van der Waals surface area contributed by atoms with Crippen LogP contribution in [0.15, 0.2) is 18.2 Å². The zero-order chi connectivity index (χ0) is 15.4. The standard InChI is InChI=1S/C16H24N2O3/c1-4-17-15-7-11(2)5-6-14(15)16(20)18-8-12(3)21-13(9-18)10-19/h5-7,12-13,17,19H,4,8-10H2,1-3H3. The first-order chi connectivity index (χ1) is 10.0. The highest BCUT2D eigenvalue weighted by atomic mass is 16.5. The van der Waals surface area contributed by atoms with E-state index in [1.54, 1.807) is 4.90 Å². The number of carbonyl (C=O) groups is 1. The quantitative estimate of drug-likeness (QED) is 0.886. The van der Waals surface area contributed by atoms with Gasteiger partial charge in [0.15, 0.2) is 0 Å². The average Bonchev–Trinajstić information content (AvgIpc) is 2.46. The minimum absolute atomic E-state index is 0.0143. The second-order valence-electron chi connectivity index (χ2n) is 5.54. The van der Waals surface area contributed by atoms with E-state index in [1.807, 2.05) is 39.0 Å². The molecule has 1 aromatic rings. The Morgan fingerprint density at radius 3 is 2.90 bits per heavy atom. The highest BCUT2D eigenvalue weighted by molar-refractivity contribution is 5.99. The van der Waals surface area contributed by atoms with Gasteiger partial charge < -0.3 is 20.1 Å². The Balaban J connectivity index is 2.22. The Labute approximate surface area is 125 Å². The summed E-state index contributed by atoms with van der Waals surface area (Å²) in [4.78, 5) is 14.5. The van der Waals surface area contributed by atoms with Crippen LogP contribution < -0.4 is 5.32 Å². The molecule has 5 heteroatoms. The number of aliphatic hydroxyl groups is 1. The van der Waals surface area contributed by atoms with Crippen molar-refractivity contribution in [2.24, 2.45) is 0 Å². The van der Waals surface area contributed by atoms with Crippen LogP contribution in [-0.2, 0) is 4.74 Å². The van der Waals surface area contributed by atoms with E-state index in [1.165, 1.54) is 0 Å². The predicted molar refractivity (Wildman–Crippen MR) is 82.7 cm³/mol. The van der Waals surface area contributed by atoms with Crippen LogP contribution in [0.3, 0.4) is 0 Å². The van der Waals surface area contributed by atoms with Crippen LogP contribution in [0.5, 0.6) is 0 Å². The first-order valence-corrected chi connectivity index (χ1v) is 7.45. The summed E-state index contributed by atoms with van der Waals surface area (Å²) in [6.07, 6.45) is -0.362. The number of anilines is 1. The van der Waals surface area contributed by atoms with Crippen molar-refractivity contribution < 1.29 is 14.6 Å². The summed E-state index contributed by atoms with van der Waals surface area (Å²) in [5.74, 6) is -0.0143. The molecule has 5 nitrogen and oxygen atoms in total. The monoisotopic (exact) mass is 292 g/mol. The molecule has 1 amide bonds. The van der Waals surface area contributed by atoms with Crippen molar-refractivity contribution in [1.29, 1.82) is 0 Å². The van der Waals surface area contributed by atoms with Gasteiger partial charge in [-0.25, -0.2) is 0 Å². The van der Waals surface area contributed by atoms with E-state index in [0.29, 0.717) is 18.7 Å². The van der Waals surface area contributed by atoms with Crippen molar-refractivity contribution in [1.82, 2.24) is 4.90 Å². The number of amides is 1. The van der Waals surface area contributed by atoms with E-state index in [9.17, 15) is 9.90 Å². The topological polar surface area (TPSA) is 61.8 Å². The van der Waals surface area contributed by atoms with E-state index in [0.717, 1.165) is 17.8 Å². The Kier molecular flexibility index (Phi) is 5.20. The van der Waals surface area contributed by atoms with Crippen molar-refractivity contribution >= 4 is 11.6 Å². The van der Waals surface area contributed by atoms with E-state index in [4.69, 9.17) is 4.74 Å². The Hall–Kier alpha value is -1.59. The Morgan fingerprint density at radius 2 is 2.24 bits per heavy atom. The molecule has 2 N–H and O–H groups in total. The average molecular weight is 292 g/mol. The number of hydrogen-bond acceptors (Lipinski definition) is 4. The molecule has 1 heterocycles. The summed E-state index contributed by atoms with van der Waals surface area (Å²) >= 11 is 0. The van der Waals surface area contributed by atoms with Crippen LogP contribution in [-0.4, -0.2) is 54.4 Å². The SMILES string of the molecule is CCNc1cc(C)ccc1C(=O)N1CC(C)OC(CO)C1. The van der Waals surface area contributed by atoms with E-state index < -0.39 is 0 Å². The molecule has 0 bridgehead atoms. The van der Waals surface area contributed by atoms with Gasteiger partial charge in [0.1, 0.15) is 0 Å². The fraction of sp³-hybridized carbons (Fsp3) is 0.562. The number of aliphatic hydroxyl groups excluding tert-OH is 1. The molecule has 0 aliphatic carbocycles. The van der Waals surface area contributed by atoms with Gasteiger partial charge in [0.05, 0.1) is 24.4 Å². The molecule has 1 aliphatic rings. The minimum Gasteiger partial charge on any atom is -0.394 e. The number of morpholine rings is 1. The van der Waals surface area contributed by atoms with Gasteiger partial charge >= 0.3 is 0 Å². The summed E-state index contributed by atoms with van der Waals surface area (Å²) in [7, 11) is 0. The fourth-order valence-corrected chi connectivity index (χ4v) is 2.66. The van der Waals surface area contributed by atoms with E-state index >= 15 is 0 Å². The predicted octanol–water partition coefficient (Wildman–Crippen LogP) is 1.65. The number of carbonyl (C=O) groups excluding carboxylic acids is 1. The van der Waals surface area contributed by atoms with Crippen LogP contribution in [0.4, 0.5) is 5.69 Å². The van der Waals surface area contributed by atoms with Crippen molar-refractivity contribution in [2.75, 3.05) is 31.6 Å². The molecular formula is C16H24N2O3. The number of benzene rings is 1. The highest BCUT2D eigenvalue weighted by Crippen LogP contribution is 2.21. The maximum atomic E-state index is 12.8. The third-order valence-corrected chi connectivity index (χ3v) is 3.59. The third kappa shape index (κ3) is 3.74. The van der Waals surface area contributed by atoms with Crippen molar-refractivity contribution in [3.63, 3.8) is 0 Å². The number of nitrogens with zero attached hydrogens (tertiary/aromatic N) is 1. The molecule has 2 unspecified atom stereocenters. The summed E-state index contributed by atoms with van der Waals surface area (Å²) in [5, 5.41) is 12.5. The van der Waals surface area contributed by atoms with Crippen LogP contribution in [0.2, 0.25) is 0 Å². The molecule has 1 aromatic carbocycles. The number of ether oxygens (including phenoxy) is 1. The van der Waals surface area contributed by atoms with Crippen molar-refractivity contribution in [2.45, 2.75) is 33.0 Å². The molecule has 1 fully saturated rings. The van der Waals surface area contributed by atoms with Crippen molar-refractivity contribution in [3.8, 4) is 0 Å². The molecule has 116 valence electrons. The second kappa shape index (κ2) is 6.91. The Bertz CT molecular complexity index is 504. The van der Waals surface area contributed by atoms with Crippen LogP contribution >= 0.6 is 0 Å². The maximum Gasteiger partial charge on any atom is 0.256 e. The van der Waals surface area contributed by atoms with Gasteiger partial charge in [0, 0.05) is 25.3 Å². The molecule has 1 aliphatic heterocycles. The van der Waals surface area contributed by atoms with Gasteiger partial charge in [-0.2, -0.15) is 0 Å². The molecule has 2 rings (SSSR count). The first kappa shape index (κ1) is 15.8. The van der Waals surface area contributed by atoms with E-state index in [2.05, 4.69) is 5.32 Å². The molecule has 21 heavy (non-hydrogen) atoms. The normalized spacial score (nSPS) is 22.2. The number of hydrogen-bond donors (Lipinski definition) is 2. The first-order valence-electron chi connectivity index (χ1n) is 7.45. The largest absolute Gasteiger partial charge is 0.394 e. The van der Waals surface area contributed by atoms with Crippen LogP contribution in [0.25, 0.3) is 0 Å². The number of rotatable bonds is 4. The summed E-state index contributed by atoms with van der Waals surface area (Å²) in [6.45, 7) is 7.61. The fourth-order valence-electron chi connectivity index (χ4n) is 2.66. The smallest absolute Gasteiger partial charge is 0.256 e. The van der Waals surface area contributed by atoms with Crippen LogP contribution in [0.1, 0.15) is 29.8 Å². The zero-order valence-electron chi connectivity index (χ0n) is 12.9. The molecule has 0 radical (unpaired) electrons. The maximum absolute atomic E-state index is 12.8. The number of nitrogens with one attached hydrogen (secondary N) is 1. The number of aryl methyl sites for hydroxylation is 1. The zero-order valence-corrected chi connectivity index (χ0v) is 12.9.